The molecule has 0 amide bonds. The summed E-state index contributed by atoms with van der Waals surface area (Å²) in [6, 6.07) is 11.8. The monoisotopic (exact) mass is 316 g/mol. The minimum absolute atomic E-state index is 0.141. The Labute approximate surface area is 132 Å². The standard InChI is InChI=1S/C14H7ClO2.C3H6O2/c15-11-7-3-6-10-12(11)14(17)9-5-2-1-4-8(9)13(10)16;1-3(4)5-2/h1-7H;1-2H3. The molecule has 1 aliphatic carbocycles. The van der Waals surface area contributed by atoms with E-state index in [0.717, 1.165) is 0 Å². The lowest BCUT2D eigenvalue weighted by molar-refractivity contribution is -0.137. The van der Waals surface area contributed by atoms with Crippen LogP contribution in [-0.2, 0) is 9.53 Å². The molecule has 0 bridgehead atoms. The molecule has 3 rings (SSSR count). The van der Waals surface area contributed by atoms with E-state index in [-0.39, 0.29) is 17.5 Å². The minimum Gasteiger partial charge on any atom is -0.469 e. The van der Waals surface area contributed by atoms with Gasteiger partial charge in [0, 0.05) is 23.6 Å². The van der Waals surface area contributed by atoms with Crippen LogP contribution in [0.15, 0.2) is 42.5 Å². The Balaban J connectivity index is 0.000000309. The van der Waals surface area contributed by atoms with Crippen molar-refractivity contribution >= 4 is 29.1 Å². The Hall–Kier alpha value is -2.46. The molecule has 112 valence electrons. The molecule has 2 aromatic carbocycles. The van der Waals surface area contributed by atoms with Gasteiger partial charge >= 0.3 is 5.97 Å². The first kappa shape index (κ1) is 15.9. The smallest absolute Gasteiger partial charge is 0.302 e. The maximum Gasteiger partial charge on any atom is 0.302 e. The van der Waals surface area contributed by atoms with Crippen LogP contribution >= 0.6 is 11.6 Å². The molecule has 4 nitrogen and oxygen atoms in total. The first-order valence-electron chi connectivity index (χ1n) is 6.49. The molecule has 0 atom stereocenters. The summed E-state index contributed by atoms with van der Waals surface area (Å²) < 4.78 is 4.11. The van der Waals surface area contributed by atoms with Crippen molar-refractivity contribution in [1.29, 1.82) is 0 Å². The van der Waals surface area contributed by atoms with Crippen LogP contribution in [0.2, 0.25) is 5.02 Å². The highest BCUT2D eigenvalue weighted by Gasteiger charge is 2.30. The van der Waals surface area contributed by atoms with Crippen LogP contribution in [0.25, 0.3) is 0 Å². The summed E-state index contributed by atoms with van der Waals surface area (Å²) in [6.07, 6.45) is 0. The molecular formula is C17H13ClO4. The summed E-state index contributed by atoms with van der Waals surface area (Å²) >= 11 is 6.00. The van der Waals surface area contributed by atoms with E-state index in [4.69, 9.17) is 11.6 Å². The first-order chi connectivity index (χ1) is 10.5. The number of ketones is 2. The fraction of sp³-hybridized carbons (Fsp3) is 0.118. The van der Waals surface area contributed by atoms with E-state index < -0.39 is 0 Å². The van der Waals surface area contributed by atoms with Crippen molar-refractivity contribution in [1.82, 2.24) is 0 Å². The van der Waals surface area contributed by atoms with E-state index in [1.807, 2.05) is 0 Å². The van der Waals surface area contributed by atoms with E-state index >= 15 is 0 Å². The molecule has 0 radical (unpaired) electrons. The fourth-order valence-electron chi connectivity index (χ4n) is 2.10. The van der Waals surface area contributed by atoms with Gasteiger partial charge < -0.3 is 4.74 Å². The quantitative estimate of drug-likeness (QED) is 0.597. The Morgan fingerprint density at radius 3 is 1.95 bits per heavy atom. The van der Waals surface area contributed by atoms with Crippen molar-refractivity contribution in [3.8, 4) is 0 Å². The molecule has 0 N–H and O–H groups in total. The van der Waals surface area contributed by atoms with Crippen molar-refractivity contribution in [2.75, 3.05) is 7.11 Å². The molecule has 0 aliphatic heterocycles. The average Bonchev–Trinajstić information content (AvgIpc) is 2.53. The lowest BCUT2D eigenvalue weighted by Crippen LogP contribution is -2.21. The molecule has 0 saturated heterocycles. The van der Waals surface area contributed by atoms with Gasteiger partial charge in [0.2, 0.25) is 0 Å². The fourth-order valence-corrected chi connectivity index (χ4v) is 2.36. The van der Waals surface area contributed by atoms with Crippen LogP contribution < -0.4 is 0 Å². The predicted octanol–water partition coefficient (Wildman–Crippen LogP) is 3.29. The summed E-state index contributed by atoms with van der Waals surface area (Å²) in [7, 11) is 1.35. The normalized spacial score (nSPS) is 11.8. The molecule has 0 spiro atoms. The highest BCUT2D eigenvalue weighted by molar-refractivity contribution is 6.39. The van der Waals surface area contributed by atoms with Crippen LogP contribution in [0.4, 0.5) is 0 Å². The van der Waals surface area contributed by atoms with Gasteiger partial charge in [-0.05, 0) is 6.07 Å². The van der Waals surface area contributed by atoms with Gasteiger partial charge in [-0.25, -0.2) is 0 Å². The van der Waals surface area contributed by atoms with Gasteiger partial charge in [0.25, 0.3) is 0 Å². The Kier molecular flexibility index (Phi) is 4.73. The highest BCUT2D eigenvalue weighted by atomic mass is 35.5. The van der Waals surface area contributed by atoms with Gasteiger partial charge in [-0.2, -0.15) is 0 Å². The number of carbonyl (C=O) groups excluding carboxylic acids is 3. The Morgan fingerprint density at radius 1 is 0.909 bits per heavy atom. The molecule has 0 aromatic heterocycles. The van der Waals surface area contributed by atoms with Crippen molar-refractivity contribution in [2.45, 2.75) is 6.92 Å². The van der Waals surface area contributed by atoms with Crippen LogP contribution in [0.5, 0.6) is 0 Å². The molecular weight excluding hydrogens is 304 g/mol. The number of benzene rings is 2. The molecule has 0 heterocycles. The van der Waals surface area contributed by atoms with Crippen molar-refractivity contribution < 1.29 is 19.1 Å². The Morgan fingerprint density at radius 2 is 1.41 bits per heavy atom. The third-order valence-electron chi connectivity index (χ3n) is 3.19. The number of hydrogen-bond donors (Lipinski definition) is 0. The maximum absolute atomic E-state index is 12.2. The summed E-state index contributed by atoms with van der Waals surface area (Å²) in [5, 5.41) is 0.329. The lowest BCUT2D eigenvalue weighted by atomic mass is 9.84. The van der Waals surface area contributed by atoms with E-state index in [9.17, 15) is 14.4 Å². The highest BCUT2D eigenvalue weighted by Crippen LogP contribution is 2.31. The molecule has 2 aromatic rings. The number of hydrogen-bond acceptors (Lipinski definition) is 4. The van der Waals surface area contributed by atoms with Crippen LogP contribution in [0, 0.1) is 0 Å². The van der Waals surface area contributed by atoms with Gasteiger partial charge in [0.15, 0.2) is 11.6 Å². The second kappa shape index (κ2) is 6.54. The van der Waals surface area contributed by atoms with Gasteiger partial charge in [-0.1, -0.05) is 48.0 Å². The number of ether oxygens (including phenoxy) is 1. The molecule has 0 saturated carbocycles. The van der Waals surface area contributed by atoms with E-state index in [1.165, 1.54) is 14.0 Å². The number of rotatable bonds is 0. The second-order valence-electron chi connectivity index (χ2n) is 4.56. The third kappa shape index (κ3) is 2.92. The maximum atomic E-state index is 12.2. The van der Waals surface area contributed by atoms with Crippen molar-refractivity contribution in [2.24, 2.45) is 0 Å². The summed E-state index contributed by atoms with van der Waals surface area (Å²) in [5.41, 5.74) is 1.59. The molecule has 1 aliphatic rings. The summed E-state index contributed by atoms with van der Waals surface area (Å²) in [4.78, 5) is 34.0. The van der Waals surface area contributed by atoms with Gasteiger partial charge in [0.05, 0.1) is 17.7 Å². The van der Waals surface area contributed by atoms with Crippen LogP contribution in [-0.4, -0.2) is 24.6 Å². The number of carbonyl (C=O) groups is 3. The van der Waals surface area contributed by atoms with Gasteiger partial charge in [0.1, 0.15) is 0 Å². The third-order valence-corrected chi connectivity index (χ3v) is 3.50. The number of methoxy groups -OCH3 is 1. The number of halogens is 1. The lowest BCUT2D eigenvalue weighted by Gasteiger charge is -2.17. The van der Waals surface area contributed by atoms with Crippen LogP contribution in [0.1, 0.15) is 38.8 Å². The zero-order valence-electron chi connectivity index (χ0n) is 12.1. The SMILES string of the molecule is COC(C)=O.O=C1c2ccccc2C(=O)c2c(Cl)cccc21. The predicted molar refractivity (Wildman–Crippen MR) is 82.4 cm³/mol. The van der Waals surface area contributed by atoms with Gasteiger partial charge in [-0.3, -0.25) is 14.4 Å². The number of fused-ring (bicyclic) bond motifs is 2. The average molecular weight is 317 g/mol. The first-order valence-corrected chi connectivity index (χ1v) is 6.86. The zero-order valence-corrected chi connectivity index (χ0v) is 12.8. The summed E-state index contributed by atoms with van der Waals surface area (Å²) in [6.45, 7) is 1.36. The topological polar surface area (TPSA) is 60.4 Å². The van der Waals surface area contributed by atoms with E-state index in [1.54, 1.807) is 42.5 Å². The Bertz CT molecular complexity index is 765. The summed E-state index contributed by atoms with van der Waals surface area (Å²) in [5.74, 6) is -0.566. The largest absolute Gasteiger partial charge is 0.469 e. The molecule has 0 fully saturated rings. The van der Waals surface area contributed by atoms with Crippen molar-refractivity contribution in [3.63, 3.8) is 0 Å². The van der Waals surface area contributed by atoms with E-state index in [2.05, 4.69) is 4.74 Å². The number of esters is 1. The molecule has 0 unspecified atom stereocenters. The van der Waals surface area contributed by atoms with Crippen LogP contribution in [0.3, 0.4) is 0 Å². The van der Waals surface area contributed by atoms with E-state index in [0.29, 0.717) is 27.3 Å². The zero-order chi connectivity index (χ0) is 16.3. The molecule has 22 heavy (non-hydrogen) atoms. The minimum atomic E-state index is -0.245. The second-order valence-corrected chi connectivity index (χ2v) is 4.97. The van der Waals surface area contributed by atoms with Crippen molar-refractivity contribution in [3.05, 3.63) is 69.7 Å². The molecule has 5 heteroatoms. The van der Waals surface area contributed by atoms with Gasteiger partial charge in [-0.15, -0.1) is 0 Å².